The van der Waals surface area contributed by atoms with Crippen LogP contribution < -0.4 is 10.6 Å². The van der Waals surface area contributed by atoms with Gasteiger partial charge in [-0.1, -0.05) is 25.1 Å². The summed E-state index contributed by atoms with van der Waals surface area (Å²) in [5, 5.41) is 5.88. The summed E-state index contributed by atoms with van der Waals surface area (Å²) in [6.45, 7) is 4.12. The highest BCUT2D eigenvalue weighted by molar-refractivity contribution is 5.91. The number of para-hydroxylation sites is 1. The molecular formula is C13H18N2O. The first kappa shape index (κ1) is 11.0. The Morgan fingerprint density at radius 3 is 2.81 bits per heavy atom. The number of aryl methyl sites for hydroxylation is 2. The van der Waals surface area contributed by atoms with Gasteiger partial charge in [-0.2, -0.15) is 0 Å². The number of benzene rings is 1. The van der Waals surface area contributed by atoms with E-state index in [9.17, 15) is 4.79 Å². The van der Waals surface area contributed by atoms with Crippen LogP contribution in [-0.2, 0) is 6.42 Å². The molecule has 0 unspecified atom stereocenters. The molecule has 0 aliphatic heterocycles. The molecule has 86 valence electrons. The van der Waals surface area contributed by atoms with E-state index in [0.29, 0.717) is 6.04 Å². The highest BCUT2D eigenvalue weighted by atomic mass is 16.2. The fraction of sp³-hybridized carbons (Fsp3) is 0.462. The number of urea groups is 1. The third-order valence-electron chi connectivity index (χ3n) is 2.89. The molecule has 0 bridgehead atoms. The maximum absolute atomic E-state index is 11.7. The number of nitrogens with one attached hydrogen (secondary N) is 2. The van der Waals surface area contributed by atoms with Crippen molar-refractivity contribution < 1.29 is 4.79 Å². The van der Waals surface area contributed by atoms with Crippen molar-refractivity contribution in [3.8, 4) is 0 Å². The van der Waals surface area contributed by atoms with Crippen molar-refractivity contribution in [2.75, 3.05) is 5.32 Å². The molecule has 0 aromatic heterocycles. The Balaban J connectivity index is 2.09. The van der Waals surface area contributed by atoms with E-state index in [1.54, 1.807) is 0 Å². The number of carbonyl (C=O) groups excluding carboxylic acids is 1. The van der Waals surface area contributed by atoms with E-state index in [4.69, 9.17) is 0 Å². The number of amides is 2. The van der Waals surface area contributed by atoms with E-state index in [0.717, 1.165) is 30.5 Å². The molecule has 16 heavy (non-hydrogen) atoms. The smallest absolute Gasteiger partial charge is 0.319 e. The van der Waals surface area contributed by atoms with Crippen molar-refractivity contribution in [2.24, 2.45) is 0 Å². The fourth-order valence-corrected chi connectivity index (χ4v) is 1.76. The minimum atomic E-state index is -0.0773. The zero-order valence-electron chi connectivity index (χ0n) is 9.84. The fourth-order valence-electron chi connectivity index (χ4n) is 1.76. The Labute approximate surface area is 96.2 Å². The summed E-state index contributed by atoms with van der Waals surface area (Å²) >= 11 is 0. The maximum Gasteiger partial charge on any atom is 0.319 e. The van der Waals surface area contributed by atoms with Crippen LogP contribution in [0.5, 0.6) is 0 Å². The van der Waals surface area contributed by atoms with Gasteiger partial charge in [0.1, 0.15) is 0 Å². The SMILES string of the molecule is CCc1cccc(C)c1NC(=O)NC1CC1. The molecule has 0 heterocycles. The second-order valence-electron chi connectivity index (χ2n) is 4.34. The van der Waals surface area contributed by atoms with Gasteiger partial charge < -0.3 is 10.6 Å². The lowest BCUT2D eigenvalue weighted by Gasteiger charge is -2.13. The van der Waals surface area contributed by atoms with Gasteiger partial charge in [0.25, 0.3) is 0 Å². The Morgan fingerprint density at radius 1 is 1.44 bits per heavy atom. The van der Waals surface area contributed by atoms with Crippen LogP contribution in [0.25, 0.3) is 0 Å². The number of rotatable bonds is 3. The lowest BCUT2D eigenvalue weighted by atomic mass is 10.1. The Bertz CT molecular complexity index is 397. The first-order valence-corrected chi connectivity index (χ1v) is 5.86. The lowest BCUT2D eigenvalue weighted by molar-refractivity contribution is 0.251. The summed E-state index contributed by atoms with van der Waals surface area (Å²) in [7, 11) is 0. The monoisotopic (exact) mass is 218 g/mol. The summed E-state index contributed by atoms with van der Waals surface area (Å²) in [6, 6.07) is 6.42. The van der Waals surface area contributed by atoms with Crippen LogP contribution in [-0.4, -0.2) is 12.1 Å². The predicted molar refractivity (Wildman–Crippen MR) is 65.7 cm³/mol. The van der Waals surface area contributed by atoms with Gasteiger partial charge in [0, 0.05) is 11.7 Å². The first-order chi connectivity index (χ1) is 7.70. The number of hydrogen-bond acceptors (Lipinski definition) is 1. The van der Waals surface area contributed by atoms with Gasteiger partial charge in [-0.3, -0.25) is 0 Å². The van der Waals surface area contributed by atoms with Gasteiger partial charge in [-0.25, -0.2) is 4.79 Å². The molecule has 0 spiro atoms. The molecule has 3 nitrogen and oxygen atoms in total. The predicted octanol–water partition coefficient (Wildman–Crippen LogP) is 2.84. The van der Waals surface area contributed by atoms with Crippen LogP contribution in [0.2, 0.25) is 0 Å². The largest absolute Gasteiger partial charge is 0.335 e. The normalized spacial score (nSPS) is 14.6. The molecule has 1 aliphatic rings. The van der Waals surface area contributed by atoms with Crippen molar-refractivity contribution >= 4 is 11.7 Å². The van der Waals surface area contributed by atoms with Gasteiger partial charge in [-0.05, 0) is 37.3 Å². The molecule has 1 aliphatic carbocycles. The summed E-state index contributed by atoms with van der Waals surface area (Å²) in [6.07, 6.45) is 3.16. The van der Waals surface area contributed by atoms with Crippen molar-refractivity contribution in [3.05, 3.63) is 29.3 Å². The molecule has 1 aromatic carbocycles. The molecule has 2 rings (SSSR count). The minimum absolute atomic E-state index is 0.0773. The van der Waals surface area contributed by atoms with E-state index < -0.39 is 0 Å². The standard InChI is InChI=1S/C13H18N2O/c1-3-10-6-4-5-9(2)12(10)15-13(16)14-11-7-8-11/h4-6,11H,3,7-8H2,1-2H3,(H2,14,15,16). The first-order valence-electron chi connectivity index (χ1n) is 5.86. The molecule has 1 fully saturated rings. The molecule has 1 saturated carbocycles. The van der Waals surface area contributed by atoms with E-state index >= 15 is 0 Å². The van der Waals surface area contributed by atoms with Gasteiger partial charge >= 0.3 is 6.03 Å². The van der Waals surface area contributed by atoms with E-state index in [-0.39, 0.29) is 6.03 Å². The summed E-state index contributed by atoms with van der Waals surface area (Å²) < 4.78 is 0. The highest BCUT2D eigenvalue weighted by Gasteiger charge is 2.23. The minimum Gasteiger partial charge on any atom is -0.335 e. The third kappa shape index (κ3) is 2.54. The van der Waals surface area contributed by atoms with Crippen LogP contribution in [0, 0.1) is 6.92 Å². The van der Waals surface area contributed by atoms with Crippen molar-refractivity contribution in [1.29, 1.82) is 0 Å². The van der Waals surface area contributed by atoms with Gasteiger partial charge in [-0.15, -0.1) is 0 Å². The van der Waals surface area contributed by atoms with Crippen molar-refractivity contribution in [3.63, 3.8) is 0 Å². The second-order valence-corrected chi connectivity index (χ2v) is 4.34. The van der Waals surface area contributed by atoms with Crippen LogP contribution in [0.4, 0.5) is 10.5 Å². The molecule has 0 radical (unpaired) electrons. The Hall–Kier alpha value is -1.51. The van der Waals surface area contributed by atoms with Crippen molar-refractivity contribution in [1.82, 2.24) is 5.32 Å². The molecule has 0 saturated heterocycles. The summed E-state index contributed by atoms with van der Waals surface area (Å²) in [4.78, 5) is 11.7. The maximum atomic E-state index is 11.7. The van der Waals surface area contributed by atoms with Crippen LogP contribution in [0.15, 0.2) is 18.2 Å². The average Bonchev–Trinajstić information content (AvgIpc) is 3.05. The van der Waals surface area contributed by atoms with Crippen molar-refractivity contribution in [2.45, 2.75) is 39.2 Å². The summed E-state index contributed by atoms with van der Waals surface area (Å²) in [5.74, 6) is 0. The number of anilines is 1. The molecule has 0 atom stereocenters. The van der Waals surface area contributed by atoms with E-state index in [2.05, 4.69) is 23.6 Å². The van der Waals surface area contributed by atoms with E-state index in [1.807, 2.05) is 19.1 Å². The molecule has 3 heteroatoms. The van der Waals surface area contributed by atoms with Gasteiger partial charge in [0.15, 0.2) is 0 Å². The van der Waals surface area contributed by atoms with Gasteiger partial charge in [0.05, 0.1) is 0 Å². The molecule has 2 N–H and O–H groups in total. The summed E-state index contributed by atoms with van der Waals surface area (Å²) in [5.41, 5.74) is 3.26. The zero-order valence-corrected chi connectivity index (χ0v) is 9.84. The molecule has 1 aromatic rings. The zero-order chi connectivity index (χ0) is 11.5. The quantitative estimate of drug-likeness (QED) is 0.804. The second kappa shape index (κ2) is 4.56. The van der Waals surface area contributed by atoms with Crippen LogP contribution in [0.3, 0.4) is 0 Å². The number of carbonyl (C=O) groups is 1. The Kier molecular flexibility index (Phi) is 3.13. The van der Waals surface area contributed by atoms with Gasteiger partial charge in [0.2, 0.25) is 0 Å². The Morgan fingerprint density at radius 2 is 2.19 bits per heavy atom. The topological polar surface area (TPSA) is 41.1 Å². The third-order valence-corrected chi connectivity index (χ3v) is 2.89. The molecular weight excluding hydrogens is 200 g/mol. The lowest BCUT2D eigenvalue weighted by Crippen LogP contribution is -2.31. The van der Waals surface area contributed by atoms with Crippen LogP contribution >= 0.6 is 0 Å². The van der Waals surface area contributed by atoms with E-state index in [1.165, 1.54) is 5.56 Å². The molecule has 2 amide bonds. The van der Waals surface area contributed by atoms with Crippen LogP contribution in [0.1, 0.15) is 30.9 Å². The number of hydrogen-bond donors (Lipinski definition) is 2. The average molecular weight is 218 g/mol. The highest BCUT2D eigenvalue weighted by Crippen LogP contribution is 2.22.